The molecular formula is C10H19NO2S. The van der Waals surface area contributed by atoms with Crippen molar-refractivity contribution >= 4 is 9.84 Å². The van der Waals surface area contributed by atoms with Crippen LogP contribution in [0, 0.1) is 5.92 Å². The van der Waals surface area contributed by atoms with Crippen molar-refractivity contribution in [2.75, 3.05) is 12.3 Å². The summed E-state index contributed by atoms with van der Waals surface area (Å²) in [4.78, 5) is 0. The van der Waals surface area contributed by atoms with Crippen LogP contribution in [0.2, 0.25) is 0 Å². The van der Waals surface area contributed by atoms with Gasteiger partial charge in [-0.15, -0.1) is 0 Å². The number of hydrogen-bond donors (Lipinski definition) is 1. The van der Waals surface area contributed by atoms with Crippen molar-refractivity contribution in [3.05, 3.63) is 0 Å². The molecule has 4 heteroatoms. The van der Waals surface area contributed by atoms with E-state index in [1.807, 2.05) is 6.92 Å². The van der Waals surface area contributed by atoms with Crippen LogP contribution in [-0.2, 0) is 9.84 Å². The largest absolute Gasteiger partial charge is 0.312 e. The van der Waals surface area contributed by atoms with Crippen molar-refractivity contribution in [3.8, 4) is 0 Å². The van der Waals surface area contributed by atoms with Gasteiger partial charge in [0.2, 0.25) is 0 Å². The van der Waals surface area contributed by atoms with E-state index < -0.39 is 9.84 Å². The molecular weight excluding hydrogens is 198 g/mol. The van der Waals surface area contributed by atoms with Crippen molar-refractivity contribution in [2.24, 2.45) is 5.92 Å². The minimum atomic E-state index is -2.83. The van der Waals surface area contributed by atoms with Gasteiger partial charge in [0.05, 0.1) is 11.0 Å². The molecule has 2 fully saturated rings. The fourth-order valence-corrected chi connectivity index (χ4v) is 5.11. The fraction of sp³-hybridized carbons (Fsp3) is 1.00. The summed E-state index contributed by atoms with van der Waals surface area (Å²) in [5.74, 6) is 0.645. The molecule has 1 N–H and O–H groups in total. The highest BCUT2D eigenvalue weighted by atomic mass is 32.2. The second kappa shape index (κ2) is 3.81. The van der Waals surface area contributed by atoms with Crippen molar-refractivity contribution < 1.29 is 8.42 Å². The molecule has 0 aromatic rings. The molecule has 1 saturated carbocycles. The summed E-state index contributed by atoms with van der Waals surface area (Å²) in [6, 6.07) is 0.235. The van der Waals surface area contributed by atoms with E-state index in [4.69, 9.17) is 0 Å². The van der Waals surface area contributed by atoms with E-state index in [0.717, 1.165) is 25.8 Å². The van der Waals surface area contributed by atoms with Gasteiger partial charge < -0.3 is 5.32 Å². The zero-order chi connectivity index (χ0) is 10.2. The van der Waals surface area contributed by atoms with Crippen LogP contribution >= 0.6 is 0 Å². The summed E-state index contributed by atoms with van der Waals surface area (Å²) in [7, 11) is -2.83. The number of fused-ring (bicyclic) bond motifs is 1. The molecule has 0 radical (unpaired) electrons. The van der Waals surface area contributed by atoms with Crippen LogP contribution in [0.1, 0.15) is 32.6 Å². The lowest BCUT2D eigenvalue weighted by Crippen LogP contribution is -2.44. The summed E-state index contributed by atoms with van der Waals surface area (Å²) < 4.78 is 24.0. The van der Waals surface area contributed by atoms with Crippen LogP contribution in [-0.4, -0.2) is 32.0 Å². The summed E-state index contributed by atoms with van der Waals surface area (Å²) in [6.45, 7) is 2.88. The molecule has 0 spiro atoms. The molecule has 1 heterocycles. The maximum absolute atomic E-state index is 12.0. The van der Waals surface area contributed by atoms with Gasteiger partial charge >= 0.3 is 0 Å². The van der Waals surface area contributed by atoms with Crippen molar-refractivity contribution in [1.29, 1.82) is 0 Å². The van der Waals surface area contributed by atoms with Gasteiger partial charge in [-0.05, 0) is 25.3 Å². The Kier molecular flexibility index (Phi) is 2.84. The minimum absolute atomic E-state index is 0.0961. The van der Waals surface area contributed by atoms with Crippen LogP contribution < -0.4 is 5.32 Å². The maximum atomic E-state index is 12.0. The van der Waals surface area contributed by atoms with E-state index in [0.29, 0.717) is 5.75 Å². The van der Waals surface area contributed by atoms with Crippen molar-refractivity contribution in [3.63, 3.8) is 0 Å². The Balaban J connectivity index is 2.23. The molecule has 1 aliphatic carbocycles. The van der Waals surface area contributed by atoms with Crippen molar-refractivity contribution in [2.45, 2.75) is 43.9 Å². The van der Waals surface area contributed by atoms with E-state index in [1.165, 1.54) is 6.42 Å². The second-order valence-electron chi connectivity index (χ2n) is 4.77. The standard InChI is InChI=1S/C10H19NO2S/c1-8-6-11-9-4-2-3-5-10(9)14(12,13)7-8/h8-11H,2-7H2,1H3. The zero-order valence-corrected chi connectivity index (χ0v) is 9.52. The van der Waals surface area contributed by atoms with E-state index in [1.54, 1.807) is 0 Å². The number of hydrogen-bond acceptors (Lipinski definition) is 3. The summed E-state index contributed by atoms with van der Waals surface area (Å²) in [6.07, 6.45) is 4.16. The fourth-order valence-electron chi connectivity index (χ4n) is 2.69. The van der Waals surface area contributed by atoms with E-state index >= 15 is 0 Å². The van der Waals surface area contributed by atoms with Gasteiger partial charge in [-0.3, -0.25) is 0 Å². The monoisotopic (exact) mass is 217 g/mol. The molecule has 0 aromatic heterocycles. The predicted octanol–water partition coefficient (Wildman–Crippen LogP) is 0.952. The molecule has 1 saturated heterocycles. The Hall–Kier alpha value is -0.0900. The smallest absolute Gasteiger partial charge is 0.155 e. The molecule has 82 valence electrons. The quantitative estimate of drug-likeness (QED) is 0.657. The summed E-state index contributed by atoms with van der Waals surface area (Å²) in [5.41, 5.74) is 0. The first-order valence-corrected chi connectivity index (χ1v) is 7.26. The third-order valence-electron chi connectivity index (χ3n) is 3.41. The van der Waals surface area contributed by atoms with Gasteiger partial charge in [0.15, 0.2) is 9.84 Å². The molecule has 3 unspecified atom stereocenters. The van der Waals surface area contributed by atoms with Gasteiger partial charge in [0.25, 0.3) is 0 Å². The van der Waals surface area contributed by atoms with Crippen LogP contribution in [0.3, 0.4) is 0 Å². The van der Waals surface area contributed by atoms with Crippen LogP contribution in [0.15, 0.2) is 0 Å². The number of rotatable bonds is 0. The van der Waals surface area contributed by atoms with E-state index in [-0.39, 0.29) is 17.2 Å². The molecule has 3 atom stereocenters. The van der Waals surface area contributed by atoms with Gasteiger partial charge in [-0.1, -0.05) is 19.8 Å². The first-order chi connectivity index (χ1) is 6.59. The topological polar surface area (TPSA) is 46.2 Å². The van der Waals surface area contributed by atoms with E-state index in [9.17, 15) is 8.42 Å². The molecule has 0 bridgehead atoms. The highest BCUT2D eigenvalue weighted by Gasteiger charge is 2.38. The van der Waals surface area contributed by atoms with Crippen LogP contribution in [0.25, 0.3) is 0 Å². The molecule has 14 heavy (non-hydrogen) atoms. The third-order valence-corrected chi connectivity index (χ3v) is 5.93. The van der Waals surface area contributed by atoms with E-state index in [2.05, 4.69) is 5.32 Å². The third kappa shape index (κ3) is 1.96. The average molecular weight is 217 g/mol. The summed E-state index contributed by atoms with van der Waals surface area (Å²) in [5, 5.41) is 3.31. The van der Waals surface area contributed by atoms with Gasteiger partial charge in [0.1, 0.15) is 0 Å². The first-order valence-electron chi connectivity index (χ1n) is 5.54. The Morgan fingerprint density at radius 2 is 1.93 bits per heavy atom. The van der Waals surface area contributed by atoms with Gasteiger partial charge in [-0.2, -0.15) is 0 Å². The number of sulfone groups is 1. The lowest BCUT2D eigenvalue weighted by atomic mass is 9.94. The highest BCUT2D eigenvalue weighted by molar-refractivity contribution is 7.92. The first kappa shape index (κ1) is 10.4. The van der Waals surface area contributed by atoms with Crippen molar-refractivity contribution in [1.82, 2.24) is 5.32 Å². The van der Waals surface area contributed by atoms with Crippen LogP contribution in [0.4, 0.5) is 0 Å². The van der Waals surface area contributed by atoms with Crippen LogP contribution in [0.5, 0.6) is 0 Å². The minimum Gasteiger partial charge on any atom is -0.312 e. The lowest BCUT2D eigenvalue weighted by molar-refractivity contribution is 0.371. The Morgan fingerprint density at radius 3 is 2.71 bits per heavy atom. The zero-order valence-electron chi connectivity index (χ0n) is 8.70. The second-order valence-corrected chi connectivity index (χ2v) is 7.04. The van der Waals surface area contributed by atoms with Gasteiger partial charge in [0, 0.05) is 6.04 Å². The molecule has 0 aromatic carbocycles. The normalized spacial score (nSPS) is 42.5. The molecule has 1 aliphatic heterocycles. The van der Waals surface area contributed by atoms with Gasteiger partial charge in [-0.25, -0.2) is 8.42 Å². The summed E-state index contributed by atoms with van der Waals surface area (Å²) >= 11 is 0. The lowest BCUT2D eigenvalue weighted by Gasteiger charge is -2.29. The highest BCUT2D eigenvalue weighted by Crippen LogP contribution is 2.28. The molecule has 2 rings (SSSR count). The Bertz CT molecular complexity index is 299. The molecule has 3 nitrogen and oxygen atoms in total. The molecule has 2 aliphatic rings. The SMILES string of the molecule is CC1CNC2CCCCC2S(=O)(=O)C1. The Morgan fingerprint density at radius 1 is 1.21 bits per heavy atom. The Labute approximate surface area is 86.2 Å². The average Bonchev–Trinajstić information content (AvgIpc) is 2.24. The molecule has 0 amide bonds. The maximum Gasteiger partial charge on any atom is 0.155 e. The predicted molar refractivity (Wildman–Crippen MR) is 57.0 cm³/mol. The number of nitrogens with one attached hydrogen (secondary N) is 1.